The average Bonchev–Trinajstić information content (AvgIpc) is 3.50. The number of fused-ring (bicyclic) bond motifs is 1. The van der Waals surface area contributed by atoms with Gasteiger partial charge in [0, 0.05) is 12.2 Å². The van der Waals surface area contributed by atoms with Crippen LogP contribution in [0.5, 0.6) is 17.2 Å². The molecule has 0 radical (unpaired) electrons. The summed E-state index contributed by atoms with van der Waals surface area (Å²) in [6.07, 6.45) is 2.78. The summed E-state index contributed by atoms with van der Waals surface area (Å²) < 4.78 is 23.2. The predicted molar refractivity (Wildman–Crippen MR) is 126 cm³/mol. The van der Waals surface area contributed by atoms with Crippen LogP contribution in [0.2, 0.25) is 0 Å². The summed E-state index contributed by atoms with van der Waals surface area (Å²) in [6.45, 7) is 3.27. The maximum atomic E-state index is 13.8. The van der Waals surface area contributed by atoms with E-state index in [1.54, 1.807) is 17.0 Å². The molecule has 0 N–H and O–H groups in total. The number of ether oxygens (including phenoxy) is 4. The third kappa shape index (κ3) is 4.25. The summed E-state index contributed by atoms with van der Waals surface area (Å²) in [5, 5.41) is 0.662. The molecular formula is C24H28N2O5S. The molecule has 1 atom stereocenters. The van der Waals surface area contributed by atoms with Gasteiger partial charge < -0.3 is 18.9 Å². The van der Waals surface area contributed by atoms with Crippen molar-refractivity contribution in [2.45, 2.75) is 32.3 Å². The van der Waals surface area contributed by atoms with Crippen molar-refractivity contribution >= 4 is 32.6 Å². The molecule has 1 aromatic heterocycles. The number of hydrogen-bond acceptors (Lipinski definition) is 7. The highest BCUT2D eigenvalue weighted by atomic mass is 32.1. The van der Waals surface area contributed by atoms with Gasteiger partial charge in [0.05, 0.1) is 44.2 Å². The molecule has 1 aliphatic heterocycles. The minimum Gasteiger partial charge on any atom is -0.493 e. The number of rotatable bonds is 8. The van der Waals surface area contributed by atoms with Crippen LogP contribution >= 0.6 is 11.3 Å². The van der Waals surface area contributed by atoms with Crippen LogP contribution in [0.15, 0.2) is 30.3 Å². The molecule has 32 heavy (non-hydrogen) atoms. The van der Waals surface area contributed by atoms with Crippen molar-refractivity contribution in [3.8, 4) is 17.2 Å². The van der Waals surface area contributed by atoms with E-state index in [0.29, 0.717) is 34.5 Å². The highest BCUT2D eigenvalue weighted by Gasteiger charge is 2.29. The molecule has 4 rings (SSSR count). The van der Waals surface area contributed by atoms with Gasteiger partial charge in [-0.2, -0.15) is 0 Å². The molecule has 3 aromatic rings. The molecule has 170 valence electrons. The van der Waals surface area contributed by atoms with Crippen molar-refractivity contribution in [3.63, 3.8) is 0 Å². The van der Waals surface area contributed by atoms with E-state index in [1.165, 1.54) is 38.2 Å². The first-order valence-corrected chi connectivity index (χ1v) is 11.5. The molecule has 1 amide bonds. The van der Waals surface area contributed by atoms with Gasteiger partial charge in [0.25, 0.3) is 5.91 Å². The third-order valence-electron chi connectivity index (χ3n) is 5.67. The standard InChI is InChI=1S/C24H28N2O5S/c1-5-15-8-6-10-20-21(15)25-24(32-20)26(14-17-9-7-11-31-17)23(27)16-12-18(28-2)22(30-4)19(13-16)29-3/h6,8,10,12-13,17H,5,7,9,11,14H2,1-4H3. The molecule has 0 bridgehead atoms. The molecule has 1 fully saturated rings. The van der Waals surface area contributed by atoms with Crippen LogP contribution < -0.4 is 19.1 Å². The number of benzene rings is 2. The Labute approximate surface area is 191 Å². The average molecular weight is 457 g/mol. The predicted octanol–water partition coefficient (Wildman–Crippen LogP) is 4.71. The van der Waals surface area contributed by atoms with E-state index in [0.717, 1.165) is 36.1 Å². The minimum absolute atomic E-state index is 0.0151. The van der Waals surface area contributed by atoms with Gasteiger partial charge in [-0.25, -0.2) is 4.98 Å². The molecule has 0 spiro atoms. The second kappa shape index (κ2) is 9.75. The van der Waals surface area contributed by atoms with Crippen LogP contribution in [-0.4, -0.2) is 51.5 Å². The Morgan fingerprint density at radius 3 is 2.53 bits per heavy atom. The molecule has 1 aliphatic rings. The van der Waals surface area contributed by atoms with Crippen LogP contribution in [0.3, 0.4) is 0 Å². The van der Waals surface area contributed by atoms with Gasteiger partial charge >= 0.3 is 0 Å². The summed E-state index contributed by atoms with van der Waals surface area (Å²) in [5.74, 6) is 1.14. The molecule has 1 unspecified atom stereocenters. The quantitative estimate of drug-likeness (QED) is 0.489. The lowest BCUT2D eigenvalue weighted by atomic mass is 10.1. The molecule has 2 heterocycles. The second-order valence-electron chi connectivity index (χ2n) is 7.58. The molecule has 1 saturated heterocycles. The highest BCUT2D eigenvalue weighted by Crippen LogP contribution is 2.39. The van der Waals surface area contributed by atoms with Crippen LogP contribution in [0.1, 0.15) is 35.7 Å². The fourth-order valence-corrected chi connectivity index (χ4v) is 5.02. The van der Waals surface area contributed by atoms with Gasteiger partial charge in [-0.3, -0.25) is 9.69 Å². The smallest absolute Gasteiger partial charge is 0.260 e. The number of methoxy groups -OCH3 is 3. The minimum atomic E-state index is -0.183. The maximum Gasteiger partial charge on any atom is 0.260 e. The monoisotopic (exact) mass is 456 g/mol. The lowest BCUT2D eigenvalue weighted by Gasteiger charge is -2.24. The van der Waals surface area contributed by atoms with Gasteiger partial charge in [0.2, 0.25) is 5.75 Å². The van der Waals surface area contributed by atoms with E-state index in [9.17, 15) is 4.79 Å². The Morgan fingerprint density at radius 2 is 1.94 bits per heavy atom. The van der Waals surface area contributed by atoms with Crippen molar-refractivity contribution in [1.29, 1.82) is 0 Å². The van der Waals surface area contributed by atoms with Crippen LogP contribution in [0.4, 0.5) is 5.13 Å². The van der Waals surface area contributed by atoms with Gasteiger partial charge in [0.15, 0.2) is 16.6 Å². The topological polar surface area (TPSA) is 70.1 Å². The summed E-state index contributed by atoms with van der Waals surface area (Å²) >= 11 is 1.52. The Bertz CT molecular complexity index is 1080. The van der Waals surface area contributed by atoms with Gasteiger partial charge in [-0.05, 0) is 43.0 Å². The number of amides is 1. The summed E-state index contributed by atoms with van der Waals surface area (Å²) in [5.41, 5.74) is 2.56. The van der Waals surface area contributed by atoms with Crippen molar-refractivity contribution in [2.75, 3.05) is 39.4 Å². The van der Waals surface area contributed by atoms with Gasteiger partial charge in [-0.15, -0.1) is 0 Å². The number of carbonyl (C=O) groups excluding carboxylic acids is 1. The van der Waals surface area contributed by atoms with Crippen molar-refractivity contribution in [2.24, 2.45) is 0 Å². The fraction of sp³-hybridized carbons (Fsp3) is 0.417. The SMILES string of the molecule is CCc1cccc2sc(N(CC3CCCO3)C(=O)c3cc(OC)c(OC)c(OC)c3)nc12. The van der Waals surface area contributed by atoms with Crippen LogP contribution in [0.25, 0.3) is 10.2 Å². The number of carbonyl (C=O) groups is 1. The normalized spacial score (nSPS) is 15.7. The van der Waals surface area contributed by atoms with Gasteiger partial charge in [0.1, 0.15) is 0 Å². The molecule has 7 nitrogen and oxygen atoms in total. The van der Waals surface area contributed by atoms with E-state index in [2.05, 4.69) is 13.0 Å². The lowest BCUT2D eigenvalue weighted by molar-refractivity contribution is 0.0917. The van der Waals surface area contributed by atoms with E-state index in [1.807, 2.05) is 12.1 Å². The first kappa shape index (κ1) is 22.4. The third-order valence-corrected chi connectivity index (χ3v) is 6.71. The zero-order valence-corrected chi connectivity index (χ0v) is 19.7. The van der Waals surface area contributed by atoms with E-state index in [4.69, 9.17) is 23.9 Å². The van der Waals surface area contributed by atoms with E-state index in [-0.39, 0.29) is 12.0 Å². The summed E-state index contributed by atoms with van der Waals surface area (Å²) in [7, 11) is 4.61. The second-order valence-corrected chi connectivity index (χ2v) is 8.59. The first-order chi connectivity index (χ1) is 15.6. The fourth-order valence-electron chi connectivity index (χ4n) is 3.99. The number of hydrogen-bond donors (Lipinski definition) is 0. The van der Waals surface area contributed by atoms with Gasteiger partial charge in [-0.1, -0.05) is 30.4 Å². The number of nitrogens with zero attached hydrogens (tertiary/aromatic N) is 2. The maximum absolute atomic E-state index is 13.8. The number of para-hydroxylation sites is 1. The first-order valence-electron chi connectivity index (χ1n) is 10.7. The van der Waals surface area contributed by atoms with E-state index < -0.39 is 0 Å². The van der Waals surface area contributed by atoms with Crippen LogP contribution in [-0.2, 0) is 11.2 Å². The number of aromatic nitrogens is 1. The van der Waals surface area contributed by atoms with Crippen LogP contribution in [0, 0.1) is 0 Å². The van der Waals surface area contributed by atoms with Crippen molar-refractivity contribution in [1.82, 2.24) is 4.98 Å². The Hall–Kier alpha value is -2.84. The van der Waals surface area contributed by atoms with E-state index >= 15 is 0 Å². The molecule has 0 aliphatic carbocycles. The summed E-state index contributed by atoms with van der Waals surface area (Å²) in [6, 6.07) is 9.52. The molecular weight excluding hydrogens is 428 g/mol. The lowest BCUT2D eigenvalue weighted by Crippen LogP contribution is -2.37. The van der Waals surface area contributed by atoms with Crippen molar-refractivity contribution in [3.05, 3.63) is 41.5 Å². The summed E-state index contributed by atoms with van der Waals surface area (Å²) in [4.78, 5) is 20.4. The number of anilines is 1. The Balaban J connectivity index is 1.78. The zero-order chi connectivity index (χ0) is 22.7. The molecule has 2 aromatic carbocycles. The molecule has 0 saturated carbocycles. The van der Waals surface area contributed by atoms with Crippen molar-refractivity contribution < 1.29 is 23.7 Å². The highest BCUT2D eigenvalue weighted by molar-refractivity contribution is 7.22. The largest absolute Gasteiger partial charge is 0.493 e. The number of thiazole rings is 1. The number of aryl methyl sites for hydroxylation is 1. The Kier molecular flexibility index (Phi) is 6.81. The Morgan fingerprint density at radius 1 is 1.19 bits per heavy atom. The zero-order valence-electron chi connectivity index (χ0n) is 18.8. The molecule has 8 heteroatoms.